The molecule has 1 aromatic carbocycles. The van der Waals surface area contributed by atoms with E-state index < -0.39 is 0 Å². The molecular weight excluding hydrogens is 212 g/mol. The first-order valence-corrected chi connectivity index (χ1v) is 4.82. The second-order valence-corrected chi connectivity index (χ2v) is 3.04. The van der Waals surface area contributed by atoms with Crippen LogP contribution in [0.2, 0.25) is 0 Å². The van der Waals surface area contributed by atoms with Crippen molar-refractivity contribution in [3.8, 4) is 17.9 Å². The first kappa shape index (κ1) is 12.3. The lowest BCUT2D eigenvalue weighted by Crippen LogP contribution is -1.93. The van der Waals surface area contributed by atoms with Crippen molar-refractivity contribution in [1.82, 2.24) is 0 Å². The van der Waals surface area contributed by atoms with Gasteiger partial charge in [0.05, 0.1) is 11.1 Å². The van der Waals surface area contributed by atoms with E-state index in [1.807, 2.05) is 12.1 Å². The van der Waals surface area contributed by atoms with Crippen molar-refractivity contribution in [2.45, 2.75) is 0 Å². The predicted molar refractivity (Wildman–Crippen MR) is 65.0 cm³/mol. The average Bonchev–Trinajstić information content (AvgIpc) is 2.38. The van der Waals surface area contributed by atoms with Crippen molar-refractivity contribution in [1.29, 1.82) is 10.5 Å². The van der Waals surface area contributed by atoms with Gasteiger partial charge in [0.1, 0.15) is 23.6 Å². The van der Waals surface area contributed by atoms with E-state index in [4.69, 9.17) is 15.3 Å². The maximum atomic E-state index is 8.86. The summed E-state index contributed by atoms with van der Waals surface area (Å²) in [6.07, 6.45) is 4.76. The van der Waals surface area contributed by atoms with Crippen LogP contribution in [0.5, 0.6) is 5.75 Å². The lowest BCUT2D eigenvalue weighted by atomic mass is 10.1. The number of allylic oxidation sites excluding steroid dienone is 3. The van der Waals surface area contributed by atoms with E-state index in [9.17, 15) is 0 Å². The number of hydrogen-bond acceptors (Lipinski definition) is 3. The molecule has 1 aromatic rings. The fourth-order valence-electron chi connectivity index (χ4n) is 1.17. The van der Waals surface area contributed by atoms with Crippen LogP contribution in [0.25, 0.3) is 0 Å². The quantitative estimate of drug-likeness (QED) is 0.581. The molecule has 17 heavy (non-hydrogen) atoms. The van der Waals surface area contributed by atoms with Gasteiger partial charge in [0.15, 0.2) is 0 Å². The first-order valence-electron chi connectivity index (χ1n) is 4.82. The third kappa shape index (κ3) is 3.09. The summed E-state index contributed by atoms with van der Waals surface area (Å²) in [5, 5.41) is 17.6. The van der Waals surface area contributed by atoms with Crippen LogP contribution in [0.4, 0.5) is 0 Å². The van der Waals surface area contributed by atoms with E-state index in [2.05, 4.69) is 13.2 Å². The number of nitrogens with zero attached hydrogens (tertiary/aromatic N) is 2. The second kappa shape index (κ2) is 5.95. The molecule has 0 bridgehead atoms. The molecule has 0 N–H and O–H groups in total. The van der Waals surface area contributed by atoms with E-state index in [0.717, 1.165) is 0 Å². The summed E-state index contributed by atoms with van der Waals surface area (Å²) in [4.78, 5) is 0. The Morgan fingerprint density at radius 2 is 1.88 bits per heavy atom. The van der Waals surface area contributed by atoms with Gasteiger partial charge < -0.3 is 4.74 Å². The Kier molecular flexibility index (Phi) is 4.30. The molecule has 0 aliphatic rings. The normalized spacial score (nSPS) is 9.88. The molecule has 3 heteroatoms. The minimum atomic E-state index is 0.284. The Morgan fingerprint density at radius 1 is 1.18 bits per heavy atom. The Labute approximate surface area is 100 Å². The van der Waals surface area contributed by atoms with Gasteiger partial charge in [-0.2, -0.15) is 10.5 Å². The van der Waals surface area contributed by atoms with Crippen LogP contribution in [-0.2, 0) is 0 Å². The van der Waals surface area contributed by atoms with Gasteiger partial charge >= 0.3 is 0 Å². The first-order chi connectivity index (χ1) is 8.24. The molecule has 0 heterocycles. The van der Waals surface area contributed by atoms with Gasteiger partial charge in [-0.3, -0.25) is 0 Å². The highest BCUT2D eigenvalue weighted by molar-refractivity contribution is 5.49. The maximum Gasteiger partial charge on any atom is 0.128 e. The molecule has 0 spiro atoms. The summed E-state index contributed by atoms with van der Waals surface area (Å²) in [5.41, 5.74) is 0.611. The van der Waals surface area contributed by atoms with E-state index in [-0.39, 0.29) is 5.56 Å². The maximum absolute atomic E-state index is 8.86. The number of hydrogen-bond donors (Lipinski definition) is 0. The van der Waals surface area contributed by atoms with Crippen molar-refractivity contribution in [2.75, 3.05) is 0 Å². The van der Waals surface area contributed by atoms with Crippen molar-refractivity contribution >= 4 is 0 Å². The van der Waals surface area contributed by atoms with Gasteiger partial charge in [0.25, 0.3) is 0 Å². The molecule has 0 fully saturated rings. The predicted octanol–water partition coefficient (Wildman–Crippen LogP) is 3.06. The van der Waals surface area contributed by atoms with Gasteiger partial charge in [-0.25, -0.2) is 0 Å². The van der Waals surface area contributed by atoms with Gasteiger partial charge in [-0.05, 0) is 30.4 Å². The molecule has 3 nitrogen and oxygen atoms in total. The molecule has 0 amide bonds. The summed E-state index contributed by atoms with van der Waals surface area (Å²) < 4.78 is 5.46. The van der Waals surface area contributed by atoms with Crippen LogP contribution >= 0.6 is 0 Å². The Hall–Kier alpha value is -2.78. The molecule has 0 aromatic heterocycles. The smallest absolute Gasteiger partial charge is 0.128 e. The molecule has 0 radical (unpaired) electrons. The van der Waals surface area contributed by atoms with Gasteiger partial charge in [0.2, 0.25) is 0 Å². The molecule has 1 rings (SSSR count). The van der Waals surface area contributed by atoms with E-state index in [1.165, 1.54) is 12.1 Å². The van der Waals surface area contributed by atoms with Crippen LogP contribution in [0.15, 0.2) is 55.3 Å². The molecular formula is C14H10N2O. The lowest BCUT2D eigenvalue weighted by molar-refractivity contribution is 0.444. The van der Waals surface area contributed by atoms with Crippen LogP contribution in [0, 0.1) is 22.7 Å². The monoisotopic (exact) mass is 222 g/mol. The van der Waals surface area contributed by atoms with Crippen LogP contribution < -0.4 is 4.74 Å². The van der Waals surface area contributed by atoms with E-state index in [0.29, 0.717) is 17.1 Å². The fraction of sp³-hybridized carbons (Fsp3) is 0. The topological polar surface area (TPSA) is 56.8 Å². The Morgan fingerprint density at radius 3 is 2.41 bits per heavy atom. The minimum Gasteiger partial charge on any atom is -0.457 e. The third-order valence-electron chi connectivity index (χ3n) is 1.95. The average molecular weight is 222 g/mol. The third-order valence-corrected chi connectivity index (χ3v) is 1.95. The highest BCUT2D eigenvalue weighted by Gasteiger charge is 2.04. The number of benzene rings is 1. The van der Waals surface area contributed by atoms with E-state index in [1.54, 1.807) is 24.3 Å². The van der Waals surface area contributed by atoms with Crippen molar-refractivity contribution in [2.24, 2.45) is 0 Å². The molecule has 0 unspecified atom stereocenters. The van der Waals surface area contributed by atoms with Crippen molar-refractivity contribution in [3.05, 3.63) is 66.5 Å². The van der Waals surface area contributed by atoms with Crippen LogP contribution in [-0.4, -0.2) is 0 Å². The summed E-state index contributed by atoms with van der Waals surface area (Å²) in [6, 6.07) is 8.56. The highest BCUT2D eigenvalue weighted by Crippen LogP contribution is 2.19. The largest absolute Gasteiger partial charge is 0.457 e. The van der Waals surface area contributed by atoms with E-state index >= 15 is 0 Å². The number of nitriles is 2. The fourth-order valence-corrected chi connectivity index (χ4v) is 1.17. The van der Waals surface area contributed by atoms with Crippen molar-refractivity contribution in [3.63, 3.8) is 0 Å². The molecule has 0 saturated carbocycles. The number of rotatable bonds is 4. The van der Waals surface area contributed by atoms with Crippen molar-refractivity contribution < 1.29 is 4.74 Å². The lowest BCUT2D eigenvalue weighted by Gasteiger charge is -2.06. The number of ether oxygens (including phenoxy) is 1. The minimum absolute atomic E-state index is 0.284. The summed E-state index contributed by atoms with van der Waals surface area (Å²) in [7, 11) is 0. The molecule has 0 atom stereocenters. The van der Waals surface area contributed by atoms with Gasteiger partial charge in [-0.1, -0.05) is 19.2 Å². The van der Waals surface area contributed by atoms with Crippen LogP contribution in [0.3, 0.4) is 0 Å². The summed E-state index contributed by atoms with van der Waals surface area (Å²) in [6.45, 7) is 7.15. The molecule has 0 aliphatic heterocycles. The Balaban J connectivity index is 3.07. The standard InChI is InChI=1S/C14H10N2O/c1-3-5-13(4-2)17-14-7-6-11(9-15)12(8-14)10-16/h3-8H,1-2H2. The zero-order chi connectivity index (χ0) is 12.7. The van der Waals surface area contributed by atoms with Crippen LogP contribution in [0.1, 0.15) is 11.1 Å². The van der Waals surface area contributed by atoms with Gasteiger partial charge in [-0.15, -0.1) is 0 Å². The SMILES string of the molecule is C=CC=C(C=C)Oc1ccc(C#N)c(C#N)c1. The summed E-state index contributed by atoms with van der Waals surface area (Å²) >= 11 is 0. The second-order valence-electron chi connectivity index (χ2n) is 3.04. The van der Waals surface area contributed by atoms with Gasteiger partial charge in [0, 0.05) is 0 Å². The molecule has 0 saturated heterocycles. The zero-order valence-electron chi connectivity index (χ0n) is 9.18. The highest BCUT2D eigenvalue weighted by atomic mass is 16.5. The molecule has 0 aliphatic carbocycles. The zero-order valence-corrected chi connectivity index (χ0v) is 9.18. The Bertz CT molecular complexity index is 557. The molecule has 82 valence electrons. The summed E-state index contributed by atoms with van der Waals surface area (Å²) in [5.74, 6) is 1.00.